The predicted molar refractivity (Wildman–Crippen MR) is 149 cm³/mol. The quantitative estimate of drug-likeness (QED) is 0.148. The van der Waals surface area contributed by atoms with Crippen LogP contribution >= 0.6 is 11.8 Å². The van der Waals surface area contributed by atoms with Gasteiger partial charge >= 0.3 is 5.97 Å². The fourth-order valence-electron chi connectivity index (χ4n) is 4.43. The molecule has 37 heavy (non-hydrogen) atoms. The number of carbonyl (C=O) groups is 3. The third kappa shape index (κ3) is 11.6. The van der Waals surface area contributed by atoms with Crippen molar-refractivity contribution in [3.05, 3.63) is 61.2 Å². The summed E-state index contributed by atoms with van der Waals surface area (Å²) in [5.41, 5.74) is 0.591. The van der Waals surface area contributed by atoms with Crippen molar-refractivity contribution in [3.63, 3.8) is 0 Å². The van der Waals surface area contributed by atoms with Crippen LogP contribution in [0.2, 0.25) is 0 Å². The minimum Gasteiger partial charge on any atom is -0.463 e. The number of rotatable bonds is 18. The number of esters is 1. The number of hydrogen-bond donors (Lipinski definition) is 3. The molecule has 2 atom stereocenters. The molecule has 1 saturated carbocycles. The van der Waals surface area contributed by atoms with E-state index >= 15 is 0 Å². The highest BCUT2D eigenvalue weighted by atomic mass is 32.2. The van der Waals surface area contributed by atoms with Gasteiger partial charge in [-0.15, -0.1) is 13.2 Å². The second-order valence-corrected chi connectivity index (χ2v) is 10.7. The van der Waals surface area contributed by atoms with Crippen LogP contribution in [0.15, 0.2) is 55.6 Å². The molecule has 8 heteroatoms. The Morgan fingerprint density at radius 2 is 1.86 bits per heavy atom. The number of nitrogens with one attached hydrogen (secondary N) is 2. The Balaban J connectivity index is 1.96. The molecule has 1 aromatic carbocycles. The van der Waals surface area contributed by atoms with E-state index in [1.165, 1.54) is 5.56 Å². The number of carbonyl (C=O) groups excluding carboxylic acids is 3. The largest absolute Gasteiger partial charge is 0.463 e. The lowest BCUT2D eigenvalue weighted by Gasteiger charge is -2.29. The zero-order valence-corrected chi connectivity index (χ0v) is 22.6. The molecule has 1 aliphatic carbocycles. The molecule has 0 bridgehead atoms. The lowest BCUT2D eigenvalue weighted by atomic mass is 9.95. The Morgan fingerprint density at radius 3 is 2.51 bits per heavy atom. The predicted octanol–water partition coefficient (Wildman–Crippen LogP) is 4.31. The maximum atomic E-state index is 13.2. The summed E-state index contributed by atoms with van der Waals surface area (Å²) >= 11 is 1.65. The van der Waals surface area contributed by atoms with Crippen LogP contribution in [-0.4, -0.2) is 53.4 Å². The Bertz CT molecular complexity index is 870. The molecule has 1 aromatic rings. The van der Waals surface area contributed by atoms with Gasteiger partial charge in [0.25, 0.3) is 0 Å². The van der Waals surface area contributed by atoms with Gasteiger partial charge in [0.2, 0.25) is 11.8 Å². The summed E-state index contributed by atoms with van der Waals surface area (Å²) in [6.07, 6.45) is 8.88. The Kier molecular flexibility index (Phi) is 14.1. The molecule has 0 heterocycles. The zero-order valence-electron chi connectivity index (χ0n) is 21.8. The van der Waals surface area contributed by atoms with Gasteiger partial charge in [0, 0.05) is 24.3 Å². The highest BCUT2D eigenvalue weighted by molar-refractivity contribution is 7.98. The van der Waals surface area contributed by atoms with Crippen LogP contribution in [0.25, 0.3) is 0 Å². The number of benzene rings is 1. The normalized spacial score (nSPS) is 15.8. The van der Waals surface area contributed by atoms with Crippen molar-refractivity contribution < 1.29 is 24.2 Å². The third-order valence-electron chi connectivity index (χ3n) is 6.53. The Morgan fingerprint density at radius 1 is 1.14 bits per heavy atom. The van der Waals surface area contributed by atoms with Crippen molar-refractivity contribution in [2.45, 2.75) is 75.1 Å². The molecule has 0 spiro atoms. The van der Waals surface area contributed by atoms with Gasteiger partial charge in [-0.25, -0.2) is 0 Å². The first-order valence-corrected chi connectivity index (χ1v) is 14.3. The number of unbranched alkanes of at least 4 members (excludes halogenated alkanes) is 1. The zero-order chi connectivity index (χ0) is 26.9. The second kappa shape index (κ2) is 17.0. The summed E-state index contributed by atoms with van der Waals surface area (Å²) in [5, 5.41) is 15.8. The van der Waals surface area contributed by atoms with Gasteiger partial charge in [0.1, 0.15) is 6.61 Å². The van der Waals surface area contributed by atoms with Crippen LogP contribution in [-0.2, 0) is 24.9 Å². The molecule has 1 aliphatic rings. The molecule has 3 N–H and O–H groups in total. The van der Waals surface area contributed by atoms with Crippen molar-refractivity contribution in [1.82, 2.24) is 10.6 Å². The minimum absolute atomic E-state index is 0.00478. The molecule has 0 radical (unpaired) electrons. The average Bonchev–Trinajstić information content (AvgIpc) is 3.36. The maximum absolute atomic E-state index is 13.2. The molecule has 0 aromatic heterocycles. The monoisotopic (exact) mass is 530 g/mol. The van der Waals surface area contributed by atoms with Crippen LogP contribution in [0.5, 0.6) is 0 Å². The topological polar surface area (TPSA) is 105 Å². The molecule has 1 fully saturated rings. The molecule has 7 nitrogen and oxygen atoms in total. The van der Waals surface area contributed by atoms with Gasteiger partial charge < -0.3 is 20.5 Å². The molecule has 2 rings (SSSR count). The van der Waals surface area contributed by atoms with Gasteiger partial charge in [-0.1, -0.05) is 55.3 Å². The number of amides is 2. The highest BCUT2D eigenvalue weighted by Crippen LogP contribution is 2.29. The number of aliphatic hydroxyl groups is 1. The summed E-state index contributed by atoms with van der Waals surface area (Å²) in [7, 11) is 0. The van der Waals surface area contributed by atoms with Gasteiger partial charge in [0.05, 0.1) is 24.1 Å². The first-order valence-electron chi connectivity index (χ1n) is 13.1. The van der Waals surface area contributed by atoms with Crippen LogP contribution in [0, 0.1) is 5.92 Å². The first kappa shape index (κ1) is 30.6. The Hall–Kier alpha value is -2.58. The Labute approximate surface area is 225 Å². The highest BCUT2D eigenvalue weighted by Gasteiger charge is 2.35. The molecular weight excluding hydrogens is 488 g/mol. The fraction of sp³-hybridized carbons (Fsp3) is 0.552. The molecular formula is C29H42N2O5S. The summed E-state index contributed by atoms with van der Waals surface area (Å²) in [6, 6.07) is 9.63. The van der Waals surface area contributed by atoms with Crippen molar-refractivity contribution in [3.8, 4) is 0 Å². The summed E-state index contributed by atoms with van der Waals surface area (Å²) in [5.74, 6) is -0.0978. The van der Waals surface area contributed by atoms with Crippen molar-refractivity contribution >= 4 is 29.5 Å². The molecule has 0 saturated heterocycles. The summed E-state index contributed by atoms with van der Waals surface area (Å²) in [6.45, 7) is 7.38. The number of aliphatic hydroxyl groups excluding tert-OH is 1. The van der Waals surface area contributed by atoms with Crippen molar-refractivity contribution in [2.24, 2.45) is 5.92 Å². The van der Waals surface area contributed by atoms with E-state index in [0.717, 1.165) is 37.9 Å². The first-order chi connectivity index (χ1) is 17.9. The molecule has 204 valence electrons. The summed E-state index contributed by atoms with van der Waals surface area (Å²) < 4.78 is 5.46. The standard InChI is InChI=1S/C29H42N2O5S/c1-3-5-7-15-27(34)36-19-25(21-37-20-23-13-8-6-9-14-23)30-28(35)24(12-4-2)18-26(33)31-29(22-32)16-10-11-17-29/h3-4,6,8-9,13-14,24-25,32H,1-2,5,7,10-12,15-22H2,(H,30,35)(H,31,33)/t24-,25-/m1/s1. The van der Waals surface area contributed by atoms with Gasteiger partial charge in [-0.05, 0) is 37.7 Å². The van der Waals surface area contributed by atoms with E-state index in [-0.39, 0.29) is 37.4 Å². The van der Waals surface area contributed by atoms with E-state index < -0.39 is 17.5 Å². The van der Waals surface area contributed by atoms with E-state index in [1.807, 2.05) is 30.3 Å². The van der Waals surface area contributed by atoms with Crippen molar-refractivity contribution in [1.29, 1.82) is 0 Å². The van der Waals surface area contributed by atoms with E-state index in [4.69, 9.17) is 4.74 Å². The average molecular weight is 531 g/mol. The van der Waals surface area contributed by atoms with Crippen LogP contribution < -0.4 is 10.6 Å². The molecule has 2 amide bonds. The second-order valence-electron chi connectivity index (χ2n) is 9.69. The van der Waals surface area contributed by atoms with Gasteiger partial charge in [-0.2, -0.15) is 11.8 Å². The van der Waals surface area contributed by atoms with Crippen molar-refractivity contribution in [2.75, 3.05) is 19.0 Å². The van der Waals surface area contributed by atoms with Gasteiger partial charge in [0.15, 0.2) is 0 Å². The van der Waals surface area contributed by atoms with E-state index in [2.05, 4.69) is 23.8 Å². The fourth-order valence-corrected chi connectivity index (χ4v) is 5.44. The van der Waals surface area contributed by atoms with Crippen LogP contribution in [0.4, 0.5) is 0 Å². The van der Waals surface area contributed by atoms with Crippen LogP contribution in [0.3, 0.4) is 0 Å². The lowest BCUT2D eigenvalue weighted by molar-refractivity contribution is -0.145. The summed E-state index contributed by atoms with van der Waals surface area (Å²) in [4.78, 5) is 38.1. The van der Waals surface area contributed by atoms with Gasteiger partial charge in [-0.3, -0.25) is 14.4 Å². The smallest absolute Gasteiger partial charge is 0.305 e. The lowest BCUT2D eigenvalue weighted by Crippen LogP contribution is -2.50. The molecule has 0 unspecified atom stereocenters. The number of hydrogen-bond acceptors (Lipinski definition) is 6. The SMILES string of the molecule is C=CCCCC(=O)OC[C@H](CSCc1ccccc1)NC(=O)[C@H](CC=C)CC(=O)NC1(CO)CCCC1. The number of allylic oxidation sites excluding steroid dienone is 2. The van der Waals surface area contributed by atoms with E-state index in [1.54, 1.807) is 23.9 Å². The van der Waals surface area contributed by atoms with Crippen LogP contribution in [0.1, 0.15) is 63.4 Å². The number of thioether (sulfide) groups is 1. The van der Waals surface area contributed by atoms with E-state index in [9.17, 15) is 19.5 Å². The molecule has 0 aliphatic heterocycles. The maximum Gasteiger partial charge on any atom is 0.305 e. The minimum atomic E-state index is -0.598. The number of ether oxygens (including phenoxy) is 1. The van der Waals surface area contributed by atoms with E-state index in [0.29, 0.717) is 25.0 Å². The third-order valence-corrected chi connectivity index (χ3v) is 7.71.